The van der Waals surface area contributed by atoms with Crippen LogP contribution in [-0.2, 0) is 11.8 Å². The zero-order valence-electron chi connectivity index (χ0n) is 12.9. The van der Waals surface area contributed by atoms with Crippen molar-refractivity contribution in [3.8, 4) is 0 Å². The second-order valence-corrected chi connectivity index (χ2v) is 4.58. The van der Waals surface area contributed by atoms with Gasteiger partial charge < -0.3 is 15.5 Å². The van der Waals surface area contributed by atoms with Crippen molar-refractivity contribution in [1.29, 1.82) is 0 Å². The van der Waals surface area contributed by atoms with Crippen LogP contribution < -0.4 is 5.32 Å². The lowest BCUT2D eigenvalue weighted by Gasteiger charge is -2.10. The van der Waals surface area contributed by atoms with Gasteiger partial charge >= 0.3 is 18.1 Å². The summed E-state index contributed by atoms with van der Waals surface area (Å²) < 4.78 is 33.3. The Bertz CT molecular complexity index is 731. The highest BCUT2D eigenvalue weighted by molar-refractivity contribution is 5.84. The molecule has 1 unspecified atom stereocenters. The number of nitrogens with zero attached hydrogens (tertiary/aromatic N) is 5. The van der Waals surface area contributed by atoms with Crippen LogP contribution in [0.5, 0.6) is 0 Å². The van der Waals surface area contributed by atoms with Gasteiger partial charge in [-0.05, 0) is 6.92 Å². The highest BCUT2D eigenvalue weighted by Gasteiger charge is 2.38. The summed E-state index contributed by atoms with van der Waals surface area (Å²) >= 11 is 0. The first-order chi connectivity index (χ1) is 11.5. The minimum Gasteiger partial charge on any atom is -0.476 e. The molecule has 0 spiro atoms. The van der Waals surface area contributed by atoms with Crippen molar-refractivity contribution in [2.45, 2.75) is 19.1 Å². The molecule has 0 amide bonds. The van der Waals surface area contributed by atoms with Crippen LogP contribution in [0.4, 0.5) is 19.0 Å². The van der Waals surface area contributed by atoms with E-state index >= 15 is 0 Å². The Labute approximate surface area is 138 Å². The summed E-state index contributed by atoms with van der Waals surface area (Å²) in [4.78, 5) is 27.2. The van der Waals surface area contributed by atoms with Gasteiger partial charge in [0.25, 0.3) is 0 Å². The SMILES string of the molecule is CC(Nc1cnc(C(=O)O)cn1)c1cn(C)nn1.O=C(O)C(F)(F)F. The van der Waals surface area contributed by atoms with Crippen molar-refractivity contribution in [3.05, 3.63) is 30.0 Å². The highest BCUT2D eigenvalue weighted by Crippen LogP contribution is 2.14. The quantitative estimate of drug-likeness (QED) is 0.728. The van der Waals surface area contributed by atoms with Gasteiger partial charge in [0.1, 0.15) is 11.5 Å². The van der Waals surface area contributed by atoms with E-state index in [4.69, 9.17) is 15.0 Å². The number of hydrogen-bond donors (Lipinski definition) is 3. The number of carboxylic acids is 2. The average Bonchev–Trinajstić information content (AvgIpc) is 2.94. The van der Waals surface area contributed by atoms with Gasteiger partial charge in [-0.3, -0.25) is 4.68 Å². The number of halogens is 3. The number of nitrogens with one attached hydrogen (secondary N) is 1. The third kappa shape index (κ3) is 6.40. The smallest absolute Gasteiger partial charge is 0.476 e. The van der Waals surface area contributed by atoms with Crippen LogP contribution in [0.3, 0.4) is 0 Å². The fraction of sp³-hybridized carbons (Fsp3) is 0.333. The molecule has 0 aliphatic carbocycles. The van der Waals surface area contributed by atoms with Gasteiger partial charge in [0.05, 0.1) is 24.6 Å². The number of carboxylic acid groups (broad SMARTS) is 2. The van der Waals surface area contributed by atoms with Crippen molar-refractivity contribution < 1.29 is 33.0 Å². The van der Waals surface area contributed by atoms with E-state index in [9.17, 15) is 18.0 Å². The number of carbonyl (C=O) groups is 2. The van der Waals surface area contributed by atoms with E-state index in [1.54, 1.807) is 17.9 Å². The summed E-state index contributed by atoms with van der Waals surface area (Å²) in [6.07, 6.45) is -0.721. The van der Waals surface area contributed by atoms with E-state index in [0.717, 1.165) is 5.69 Å². The summed E-state index contributed by atoms with van der Waals surface area (Å²) in [6.45, 7) is 1.90. The molecule has 136 valence electrons. The molecular weight excluding hydrogens is 349 g/mol. The van der Waals surface area contributed by atoms with Crippen LogP contribution >= 0.6 is 0 Å². The molecule has 1 atom stereocenters. The van der Waals surface area contributed by atoms with E-state index in [2.05, 4.69) is 25.6 Å². The molecule has 2 aromatic rings. The van der Waals surface area contributed by atoms with Crippen LogP contribution in [0.25, 0.3) is 0 Å². The number of anilines is 1. The third-order valence-corrected chi connectivity index (χ3v) is 2.54. The van der Waals surface area contributed by atoms with Crippen molar-refractivity contribution in [3.63, 3.8) is 0 Å². The number of hydrogen-bond acceptors (Lipinski definition) is 7. The molecule has 2 heterocycles. The zero-order valence-corrected chi connectivity index (χ0v) is 12.9. The monoisotopic (exact) mass is 362 g/mol. The van der Waals surface area contributed by atoms with Gasteiger partial charge in [-0.25, -0.2) is 19.6 Å². The fourth-order valence-electron chi connectivity index (χ4n) is 1.37. The lowest BCUT2D eigenvalue weighted by Crippen LogP contribution is -2.21. The summed E-state index contributed by atoms with van der Waals surface area (Å²) in [5.74, 6) is -3.37. The van der Waals surface area contributed by atoms with E-state index in [1.807, 2.05) is 6.92 Å². The van der Waals surface area contributed by atoms with Gasteiger partial charge in [-0.2, -0.15) is 13.2 Å². The number of aryl methyl sites for hydroxylation is 1. The van der Waals surface area contributed by atoms with Crippen molar-refractivity contribution in [2.75, 3.05) is 5.32 Å². The number of rotatable bonds is 4. The van der Waals surface area contributed by atoms with E-state index in [1.165, 1.54) is 12.4 Å². The summed E-state index contributed by atoms with van der Waals surface area (Å²) in [5, 5.41) is 26.7. The van der Waals surface area contributed by atoms with Crippen LogP contribution in [0.2, 0.25) is 0 Å². The maximum absolute atomic E-state index is 10.6. The lowest BCUT2D eigenvalue weighted by molar-refractivity contribution is -0.192. The van der Waals surface area contributed by atoms with Crippen molar-refractivity contribution >= 4 is 17.8 Å². The fourth-order valence-corrected chi connectivity index (χ4v) is 1.37. The molecule has 25 heavy (non-hydrogen) atoms. The highest BCUT2D eigenvalue weighted by atomic mass is 19.4. The molecule has 0 fully saturated rings. The standard InChI is InChI=1S/C10H12N6O2.C2HF3O2/c1-6(8-5-16(2)15-14-8)13-9-4-11-7(3-12-9)10(17)18;3-2(4,5)1(6)7/h3-6H,1-2H3,(H,12,13)(H,17,18);(H,6,7). The number of aromatic nitrogens is 5. The first-order valence-electron chi connectivity index (χ1n) is 6.49. The number of aromatic carboxylic acids is 1. The van der Waals surface area contributed by atoms with Gasteiger partial charge in [-0.1, -0.05) is 5.21 Å². The molecular formula is C12H13F3N6O4. The topological polar surface area (TPSA) is 143 Å². The Hall–Kier alpha value is -3.25. The van der Waals surface area contributed by atoms with E-state index in [0.29, 0.717) is 5.82 Å². The van der Waals surface area contributed by atoms with Gasteiger partial charge in [0, 0.05) is 7.05 Å². The maximum atomic E-state index is 10.6. The van der Waals surface area contributed by atoms with Crippen molar-refractivity contribution in [1.82, 2.24) is 25.0 Å². The minimum atomic E-state index is -5.08. The lowest BCUT2D eigenvalue weighted by atomic mass is 10.2. The minimum absolute atomic E-state index is 0.0901. The molecule has 10 nitrogen and oxygen atoms in total. The second kappa shape index (κ2) is 8.03. The molecule has 0 radical (unpaired) electrons. The summed E-state index contributed by atoms with van der Waals surface area (Å²) in [6, 6.07) is -0.0938. The molecule has 0 saturated carbocycles. The van der Waals surface area contributed by atoms with Gasteiger partial charge in [0.15, 0.2) is 5.69 Å². The third-order valence-electron chi connectivity index (χ3n) is 2.54. The Morgan fingerprint density at radius 1 is 1.24 bits per heavy atom. The number of alkyl halides is 3. The van der Waals surface area contributed by atoms with Crippen LogP contribution in [0.15, 0.2) is 18.6 Å². The zero-order chi connectivity index (χ0) is 19.2. The normalized spacial score (nSPS) is 11.9. The van der Waals surface area contributed by atoms with Gasteiger partial charge in [-0.15, -0.1) is 5.10 Å². The van der Waals surface area contributed by atoms with Crippen LogP contribution in [0, 0.1) is 0 Å². The van der Waals surface area contributed by atoms with Crippen molar-refractivity contribution in [2.24, 2.45) is 7.05 Å². The molecule has 0 saturated heterocycles. The molecule has 0 bridgehead atoms. The predicted molar refractivity (Wildman–Crippen MR) is 75.7 cm³/mol. The van der Waals surface area contributed by atoms with Crippen LogP contribution in [0.1, 0.15) is 29.1 Å². The Morgan fingerprint density at radius 3 is 2.20 bits per heavy atom. The molecule has 3 N–H and O–H groups in total. The summed E-state index contributed by atoms with van der Waals surface area (Å²) in [5.41, 5.74) is 0.675. The molecule has 0 aliphatic heterocycles. The van der Waals surface area contributed by atoms with E-state index in [-0.39, 0.29) is 11.7 Å². The largest absolute Gasteiger partial charge is 0.490 e. The predicted octanol–water partition coefficient (Wildman–Crippen LogP) is 1.11. The Morgan fingerprint density at radius 2 is 1.84 bits per heavy atom. The second-order valence-electron chi connectivity index (χ2n) is 4.58. The Balaban J connectivity index is 0.000000381. The summed E-state index contributed by atoms with van der Waals surface area (Å²) in [7, 11) is 1.78. The maximum Gasteiger partial charge on any atom is 0.490 e. The average molecular weight is 362 g/mol. The van der Waals surface area contributed by atoms with Gasteiger partial charge in [0.2, 0.25) is 0 Å². The van der Waals surface area contributed by atoms with E-state index < -0.39 is 18.1 Å². The van der Waals surface area contributed by atoms with Crippen LogP contribution in [-0.4, -0.2) is 53.3 Å². The molecule has 0 aliphatic rings. The Kier molecular flexibility index (Phi) is 6.36. The molecule has 2 aromatic heterocycles. The first kappa shape index (κ1) is 19.8. The first-order valence-corrected chi connectivity index (χ1v) is 6.49. The molecule has 13 heteroatoms. The molecule has 0 aromatic carbocycles. The number of aliphatic carboxylic acids is 1. The molecule has 2 rings (SSSR count).